The van der Waals surface area contributed by atoms with Gasteiger partial charge in [0.25, 0.3) is 5.91 Å². The lowest BCUT2D eigenvalue weighted by molar-refractivity contribution is 0.0938. The quantitative estimate of drug-likeness (QED) is 0.706. The van der Waals surface area contributed by atoms with Crippen LogP contribution < -0.4 is 5.32 Å². The molecule has 0 aliphatic rings. The molecule has 0 saturated heterocycles. The number of aromatic amines is 1. The molecule has 0 spiro atoms. The number of hydrogen-bond donors (Lipinski definition) is 3. The SMILES string of the molecule is Cc1ccc(C#CCO)c(C(=O)NC(C)c2nn[nH]n2)c1. The molecule has 7 heteroatoms. The summed E-state index contributed by atoms with van der Waals surface area (Å²) in [6.45, 7) is 3.40. The van der Waals surface area contributed by atoms with Crippen LogP contribution in [0.3, 0.4) is 0 Å². The first-order valence-corrected chi connectivity index (χ1v) is 6.36. The summed E-state index contributed by atoms with van der Waals surface area (Å²) in [5, 5.41) is 25.0. The van der Waals surface area contributed by atoms with Gasteiger partial charge in [0.2, 0.25) is 0 Å². The number of amides is 1. The molecule has 2 rings (SSSR count). The van der Waals surface area contributed by atoms with E-state index in [9.17, 15) is 4.79 Å². The van der Waals surface area contributed by atoms with Gasteiger partial charge >= 0.3 is 0 Å². The lowest BCUT2D eigenvalue weighted by atomic mass is 10.0. The van der Waals surface area contributed by atoms with Crippen molar-refractivity contribution in [1.82, 2.24) is 25.9 Å². The van der Waals surface area contributed by atoms with Crippen LogP contribution in [-0.2, 0) is 0 Å². The summed E-state index contributed by atoms with van der Waals surface area (Å²) >= 11 is 0. The lowest BCUT2D eigenvalue weighted by Crippen LogP contribution is -2.28. The van der Waals surface area contributed by atoms with Gasteiger partial charge in [-0.05, 0) is 26.0 Å². The molecule has 0 bridgehead atoms. The topological polar surface area (TPSA) is 104 Å². The minimum absolute atomic E-state index is 0.256. The molecule has 1 unspecified atom stereocenters. The van der Waals surface area contributed by atoms with Crippen LogP contribution in [-0.4, -0.2) is 38.2 Å². The standard InChI is InChI=1S/C14H15N5O2/c1-9-5-6-11(4-3-7-20)12(8-9)14(21)15-10(2)13-16-18-19-17-13/h5-6,8,10,20H,7H2,1-2H3,(H,15,21)(H,16,17,18,19). The molecule has 1 heterocycles. The van der Waals surface area contributed by atoms with Crippen LogP contribution >= 0.6 is 0 Å². The molecule has 2 aromatic rings. The average molecular weight is 285 g/mol. The van der Waals surface area contributed by atoms with Crippen molar-refractivity contribution in [2.24, 2.45) is 0 Å². The average Bonchev–Trinajstić information content (AvgIpc) is 3.00. The Morgan fingerprint density at radius 3 is 3.00 bits per heavy atom. The zero-order valence-electron chi connectivity index (χ0n) is 11.7. The summed E-state index contributed by atoms with van der Waals surface area (Å²) in [5.41, 5.74) is 1.96. The van der Waals surface area contributed by atoms with Gasteiger partial charge in [-0.1, -0.05) is 28.7 Å². The number of rotatable bonds is 3. The second kappa shape index (κ2) is 6.63. The number of aromatic nitrogens is 4. The summed E-state index contributed by atoms with van der Waals surface area (Å²) < 4.78 is 0. The molecule has 0 saturated carbocycles. The van der Waals surface area contributed by atoms with Crippen LogP contribution in [0, 0.1) is 18.8 Å². The highest BCUT2D eigenvalue weighted by atomic mass is 16.2. The Balaban J connectivity index is 2.24. The Morgan fingerprint density at radius 2 is 2.33 bits per heavy atom. The van der Waals surface area contributed by atoms with E-state index in [1.807, 2.05) is 13.0 Å². The van der Waals surface area contributed by atoms with E-state index in [0.29, 0.717) is 17.0 Å². The smallest absolute Gasteiger partial charge is 0.253 e. The number of benzene rings is 1. The molecule has 0 aliphatic carbocycles. The summed E-state index contributed by atoms with van der Waals surface area (Å²) in [6, 6.07) is 4.99. The van der Waals surface area contributed by atoms with Crippen LogP contribution in [0.4, 0.5) is 0 Å². The Bertz CT molecular complexity index is 685. The predicted octanol–water partition coefficient (Wildman–Crippen LogP) is 0.343. The van der Waals surface area contributed by atoms with Gasteiger partial charge in [0.1, 0.15) is 6.61 Å². The molecule has 3 N–H and O–H groups in total. The minimum atomic E-state index is -0.379. The van der Waals surface area contributed by atoms with Crippen LogP contribution in [0.5, 0.6) is 0 Å². The second-order valence-electron chi connectivity index (χ2n) is 4.47. The van der Waals surface area contributed by atoms with E-state index < -0.39 is 0 Å². The van der Waals surface area contributed by atoms with E-state index in [1.165, 1.54) is 0 Å². The molecule has 1 amide bonds. The molecule has 1 aromatic carbocycles. The van der Waals surface area contributed by atoms with Crippen molar-refractivity contribution in [3.05, 3.63) is 40.7 Å². The first kappa shape index (κ1) is 14.7. The summed E-state index contributed by atoms with van der Waals surface area (Å²) in [6.07, 6.45) is 0. The van der Waals surface area contributed by atoms with E-state index in [0.717, 1.165) is 5.56 Å². The highest BCUT2D eigenvalue weighted by Gasteiger charge is 2.16. The van der Waals surface area contributed by atoms with Crippen molar-refractivity contribution in [3.63, 3.8) is 0 Å². The third kappa shape index (κ3) is 3.64. The number of aryl methyl sites for hydroxylation is 1. The number of carbonyl (C=O) groups is 1. The minimum Gasteiger partial charge on any atom is -0.384 e. The molecular formula is C14H15N5O2. The summed E-state index contributed by atoms with van der Waals surface area (Å²) in [5.74, 6) is 5.44. The molecule has 0 fully saturated rings. The highest BCUT2D eigenvalue weighted by molar-refractivity contribution is 5.97. The maximum Gasteiger partial charge on any atom is 0.253 e. The van der Waals surface area contributed by atoms with Crippen molar-refractivity contribution in [2.45, 2.75) is 19.9 Å². The van der Waals surface area contributed by atoms with E-state index in [4.69, 9.17) is 5.11 Å². The predicted molar refractivity (Wildman–Crippen MR) is 75.2 cm³/mol. The van der Waals surface area contributed by atoms with Crippen molar-refractivity contribution in [1.29, 1.82) is 0 Å². The number of tetrazole rings is 1. The molecule has 108 valence electrons. The number of nitrogens with one attached hydrogen (secondary N) is 2. The number of hydrogen-bond acceptors (Lipinski definition) is 5. The van der Waals surface area contributed by atoms with Gasteiger partial charge in [0.05, 0.1) is 11.6 Å². The Morgan fingerprint density at radius 1 is 1.52 bits per heavy atom. The third-order valence-electron chi connectivity index (χ3n) is 2.82. The van der Waals surface area contributed by atoms with Crippen molar-refractivity contribution < 1.29 is 9.90 Å². The van der Waals surface area contributed by atoms with Gasteiger partial charge in [-0.15, -0.1) is 10.2 Å². The van der Waals surface area contributed by atoms with E-state index >= 15 is 0 Å². The van der Waals surface area contributed by atoms with Crippen molar-refractivity contribution in [2.75, 3.05) is 6.61 Å². The van der Waals surface area contributed by atoms with Crippen LogP contribution in [0.2, 0.25) is 0 Å². The Labute approximate surface area is 121 Å². The van der Waals surface area contributed by atoms with E-state index in [-0.39, 0.29) is 18.6 Å². The monoisotopic (exact) mass is 285 g/mol. The molecule has 0 aliphatic heterocycles. The second-order valence-corrected chi connectivity index (χ2v) is 4.47. The normalized spacial score (nSPS) is 11.4. The van der Waals surface area contributed by atoms with Crippen molar-refractivity contribution >= 4 is 5.91 Å². The molecule has 1 aromatic heterocycles. The van der Waals surface area contributed by atoms with E-state index in [2.05, 4.69) is 37.8 Å². The van der Waals surface area contributed by atoms with Crippen LogP contribution in [0.1, 0.15) is 40.3 Å². The Hall–Kier alpha value is -2.72. The third-order valence-corrected chi connectivity index (χ3v) is 2.82. The van der Waals surface area contributed by atoms with Gasteiger partial charge in [0, 0.05) is 5.56 Å². The number of nitrogens with zero attached hydrogens (tertiary/aromatic N) is 3. The molecule has 21 heavy (non-hydrogen) atoms. The van der Waals surface area contributed by atoms with Gasteiger partial charge in [-0.3, -0.25) is 4.79 Å². The van der Waals surface area contributed by atoms with Gasteiger partial charge < -0.3 is 10.4 Å². The van der Waals surface area contributed by atoms with Gasteiger partial charge in [-0.2, -0.15) is 5.21 Å². The number of aliphatic hydroxyl groups is 1. The molecule has 1 atom stereocenters. The fraction of sp³-hybridized carbons (Fsp3) is 0.286. The first-order chi connectivity index (χ1) is 10.1. The van der Waals surface area contributed by atoms with Gasteiger partial charge in [-0.25, -0.2) is 0 Å². The lowest BCUT2D eigenvalue weighted by Gasteiger charge is -2.11. The number of carbonyl (C=O) groups excluding carboxylic acids is 1. The molecular weight excluding hydrogens is 270 g/mol. The Kier molecular flexibility index (Phi) is 4.64. The van der Waals surface area contributed by atoms with Gasteiger partial charge in [0.15, 0.2) is 5.82 Å². The summed E-state index contributed by atoms with van der Waals surface area (Å²) in [7, 11) is 0. The fourth-order valence-electron chi connectivity index (χ4n) is 1.78. The van der Waals surface area contributed by atoms with E-state index in [1.54, 1.807) is 19.1 Å². The zero-order valence-corrected chi connectivity index (χ0v) is 11.7. The molecule has 7 nitrogen and oxygen atoms in total. The maximum absolute atomic E-state index is 12.4. The largest absolute Gasteiger partial charge is 0.384 e. The van der Waals surface area contributed by atoms with Crippen LogP contribution in [0.15, 0.2) is 18.2 Å². The maximum atomic E-state index is 12.4. The first-order valence-electron chi connectivity index (χ1n) is 6.36. The fourth-order valence-corrected chi connectivity index (χ4v) is 1.78. The summed E-state index contributed by atoms with van der Waals surface area (Å²) in [4.78, 5) is 12.4. The van der Waals surface area contributed by atoms with Crippen LogP contribution in [0.25, 0.3) is 0 Å². The van der Waals surface area contributed by atoms with Crippen molar-refractivity contribution in [3.8, 4) is 11.8 Å². The molecule has 0 radical (unpaired) electrons. The number of aliphatic hydroxyl groups excluding tert-OH is 1. The number of H-pyrrole nitrogens is 1. The zero-order chi connectivity index (χ0) is 15.2. The highest BCUT2D eigenvalue weighted by Crippen LogP contribution is 2.13.